The van der Waals surface area contributed by atoms with Gasteiger partial charge in [-0.25, -0.2) is 4.79 Å². The second-order valence-electron chi connectivity index (χ2n) is 11.6. The summed E-state index contributed by atoms with van der Waals surface area (Å²) in [7, 11) is 3.35. The second-order valence-corrected chi connectivity index (χ2v) is 11.6. The highest BCUT2D eigenvalue weighted by Gasteiger charge is 2.15. The number of methoxy groups -OCH3 is 2. The fourth-order valence-corrected chi connectivity index (χ4v) is 4.74. The van der Waals surface area contributed by atoms with Crippen LogP contribution in [-0.2, 0) is 11.2 Å². The first-order valence-corrected chi connectivity index (χ1v) is 15.2. The zero-order valence-electron chi connectivity index (χ0n) is 27.2. The maximum Gasteiger partial charge on any atom is 0.407 e. The molecule has 46 heavy (non-hydrogen) atoms. The molecule has 7 nitrogen and oxygen atoms in total. The molecule has 0 fully saturated rings. The molecule has 0 unspecified atom stereocenters. The van der Waals surface area contributed by atoms with Crippen LogP contribution in [0.1, 0.15) is 26.3 Å². The van der Waals surface area contributed by atoms with Gasteiger partial charge in [0.15, 0.2) is 0 Å². The molecule has 5 aromatic carbocycles. The van der Waals surface area contributed by atoms with Crippen molar-refractivity contribution in [3.8, 4) is 33.8 Å². The van der Waals surface area contributed by atoms with Gasteiger partial charge in [-0.2, -0.15) is 0 Å². The van der Waals surface area contributed by atoms with Gasteiger partial charge in [-0.1, -0.05) is 72.8 Å². The minimum absolute atomic E-state index is 0.389. The average Bonchev–Trinajstić information content (AvgIpc) is 3.06. The molecule has 0 spiro atoms. The highest BCUT2D eigenvalue weighted by atomic mass is 16.6. The number of carbonyl (C=O) groups is 1. The van der Waals surface area contributed by atoms with E-state index in [9.17, 15) is 4.79 Å². The Morgan fingerprint density at radius 2 is 1.20 bits per heavy atom. The van der Waals surface area contributed by atoms with E-state index < -0.39 is 5.60 Å². The maximum atomic E-state index is 11.7. The number of alkyl carbamates (subject to hydrolysis) is 1. The van der Waals surface area contributed by atoms with Crippen molar-refractivity contribution in [3.63, 3.8) is 0 Å². The van der Waals surface area contributed by atoms with Gasteiger partial charge in [0.05, 0.1) is 14.2 Å². The predicted molar refractivity (Wildman–Crippen MR) is 189 cm³/mol. The van der Waals surface area contributed by atoms with E-state index in [2.05, 4.69) is 41.0 Å². The lowest BCUT2D eigenvalue weighted by molar-refractivity contribution is 0.0528. The van der Waals surface area contributed by atoms with Crippen molar-refractivity contribution in [2.24, 2.45) is 0 Å². The van der Waals surface area contributed by atoms with Crippen molar-refractivity contribution < 1.29 is 19.0 Å². The van der Waals surface area contributed by atoms with Crippen molar-refractivity contribution >= 4 is 23.2 Å². The van der Waals surface area contributed by atoms with Gasteiger partial charge in [-0.15, -0.1) is 0 Å². The number of rotatable bonds is 9. The number of nitrogen functional groups attached to an aromatic ring is 1. The van der Waals surface area contributed by atoms with Crippen LogP contribution in [0.3, 0.4) is 0 Å². The molecule has 0 heterocycles. The van der Waals surface area contributed by atoms with Crippen molar-refractivity contribution in [1.82, 2.24) is 5.32 Å². The van der Waals surface area contributed by atoms with Gasteiger partial charge in [0.25, 0.3) is 0 Å². The fourth-order valence-electron chi connectivity index (χ4n) is 4.74. The third-order valence-corrected chi connectivity index (χ3v) is 6.92. The zero-order chi connectivity index (χ0) is 32.9. The van der Waals surface area contributed by atoms with Gasteiger partial charge in [0.2, 0.25) is 0 Å². The van der Waals surface area contributed by atoms with Crippen molar-refractivity contribution in [3.05, 3.63) is 127 Å². The fraction of sp³-hybridized carbons (Fsp3) is 0.205. The van der Waals surface area contributed by atoms with E-state index in [1.807, 2.05) is 112 Å². The van der Waals surface area contributed by atoms with Crippen LogP contribution in [0.5, 0.6) is 11.5 Å². The van der Waals surface area contributed by atoms with Crippen LogP contribution in [-0.4, -0.2) is 32.5 Å². The standard InChI is InChI=1S/C26H30N2O3.C13H13NO/c1-26(2,3)31-25(29)27-17-16-19-10-12-21(13-11-19)28-22-14-15-24(30-4)23(18-22)20-8-6-5-7-9-20;1-15-13-8-7-11(14)9-12(13)10-5-3-2-4-6-10/h5-15,18,28H,16-17H2,1-4H3,(H,27,29);2-9H,14H2,1H3. The van der Waals surface area contributed by atoms with Crippen LogP contribution in [0.15, 0.2) is 121 Å². The summed E-state index contributed by atoms with van der Waals surface area (Å²) >= 11 is 0. The van der Waals surface area contributed by atoms with Crippen LogP contribution in [0.2, 0.25) is 0 Å². The van der Waals surface area contributed by atoms with E-state index in [1.165, 1.54) is 0 Å². The van der Waals surface area contributed by atoms with E-state index in [0.717, 1.165) is 62.8 Å². The Kier molecular flexibility index (Phi) is 11.7. The van der Waals surface area contributed by atoms with E-state index in [4.69, 9.17) is 19.9 Å². The number of carbonyl (C=O) groups excluding carboxylic acids is 1. The molecule has 0 saturated heterocycles. The smallest absolute Gasteiger partial charge is 0.407 e. The number of hydrogen-bond acceptors (Lipinski definition) is 6. The summed E-state index contributed by atoms with van der Waals surface area (Å²) in [5.74, 6) is 1.68. The van der Waals surface area contributed by atoms with Gasteiger partial charge < -0.3 is 30.6 Å². The molecule has 5 aromatic rings. The Bertz CT molecular complexity index is 1680. The topological polar surface area (TPSA) is 94.8 Å². The maximum absolute atomic E-state index is 11.7. The molecule has 0 saturated carbocycles. The van der Waals surface area contributed by atoms with E-state index in [0.29, 0.717) is 6.54 Å². The van der Waals surface area contributed by atoms with Crippen LogP contribution in [0.25, 0.3) is 22.3 Å². The van der Waals surface area contributed by atoms with Crippen molar-refractivity contribution in [2.45, 2.75) is 32.8 Å². The highest BCUT2D eigenvalue weighted by Crippen LogP contribution is 2.34. The highest BCUT2D eigenvalue weighted by molar-refractivity contribution is 5.76. The zero-order valence-corrected chi connectivity index (χ0v) is 27.2. The molecule has 7 heteroatoms. The first-order chi connectivity index (χ1) is 22.1. The molecular formula is C39H43N3O4. The number of ether oxygens (including phenoxy) is 3. The summed E-state index contributed by atoms with van der Waals surface area (Å²) in [4.78, 5) is 11.7. The summed E-state index contributed by atoms with van der Waals surface area (Å²) in [5.41, 5.74) is 13.4. The molecular weight excluding hydrogens is 574 g/mol. The summed E-state index contributed by atoms with van der Waals surface area (Å²) in [5, 5.41) is 6.23. The molecule has 0 aliphatic heterocycles. The van der Waals surface area contributed by atoms with E-state index in [1.54, 1.807) is 14.2 Å². The number of nitrogens with one attached hydrogen (secondary N) is 2. The molecule has 0 aromatic heterocycles. The average molecular weight is 618 g/mol. The van der Waals surface area contributed by atoms with Gasteiger partial charge in [0.1, 0.15) is 17.1 Å². The van der Waals surface area contributed by atoms with Gasteiger partial charge in [-0.3, -0.25) is 0 Å². The van der Waals surface area contributed by atoms with Gasteiger partial charge in [-0.05, 0) is 92.4 Å². The second kappa shape index (κ2) is 16.0. The third-order valence-electron chi connectivity index (χ3n) is 6.92. The van der Waals surface area contributed by atoms with Crippen LogP contribution in [0.4, 0.5) is 21.9 Å². The number of benzene rings is 5. The molecule has 0 atom stereocenters. The molecule has 5 rings (SSSR count). The molecule has 1 amide bonds. The Labute approximate surface area is 272 Å². The monoisotopic (exact) mass is 617 g/mol. The Hall–Kier alpha value is -5.43. The molecule has 0 bridgehead atoms. The molecule has 238 valence electrons. The molecule has 4 N–H and O–H groups in total. The van der Waals surface area contributed by atoms with Gasteiger partial charge >= 0.3 is 6.09 Å². The molecule has 0 aliphatic carbocycles. The van der Waals surface area contributed by atoms with E-state index in [-0.39, 0.29) is 6.09 Å². The lowest BCUT2D eigenvalue weighted by Gasteiger charge is -2.19. The normalized spacial score (nSPS) is 10.6. The molecule has 0 aliphatic rings. The van der Waals surface area contributed by atoms with Crippen LogP contribution < -0.4 is 25.8 Å². The minimum atomic E-state index is -0.487. The Morgan fingerprint density at radius 3 is 1.74 bits per heavy atom. The quantitative estimate of drug-likeness (QED) is 0.143. The summed E-state index contributed by atoms with van der Waals surface area (Å²) in [6.45, 7) is 6.08. The van der Waals surface area contributed by atoms with Crippen LogP contribution in [0, 0.1) is 0 Å². The number of hydrogen-bond donors (Lipinski definition) is 3. The number of anilines is 3. The molecule has 0 radical (unpaired) electrons. The SMILES string of the molecule is COc1ccc(N)cc1-c1ccccc1.COc1ccc(Nc2ccc(CCNC(=O)OC(C)(C)C)cc2)cc1-c1ccccc1. The van der Waals surface area contributed by atoms with E-state index >= 15 is 0 Å². The van der Waals surface area contributed by atoms with Crippen LogP contribution >= 0.6 is 0 Å². The van der Waals surface area contributed by atoms with Gasteiger partial charge in [0, 0.05) is 34.7 Å². The Morgan fingerprint density at radius 1 is 0.674 bits per heavy atom. The first kappa shape index (κ1) is 33.5. The lowest BCUT2D eigenvalue weighted by atomic mass is 10.0. The van der Waals surface area contributed by atoms with Crippen molar-refractivity contribution in [1.29, 1.82) is 0 Å². The number of nitrogens with two attached hydrogens (primary N) is 1. The summed E-state index contributed by atoms with van der Waals surface area (Å²) in [6.07, 6.45) is 0.347. The summed E-state index contributed by atoms with van der Waals surface area (Å²) < 4.78 is 16.1. The minimum Gasteiger partial charge on any atom is -0.496 e. The summed E-state index contributed by atoms with van der Waals surface area (Å²) in [6, 6.07) is 40.1. The lowest BCUT2D eigenvalue weighted by Crippen LogP contribution is -2.33. The number of amides is 1. The predicted octanol–water partition coefficient (Wildman–Crippen LogP) is 9.12. The first-order valence-electron chi connectivity index (χ1n) is 15.2. The van der Waals surface area contributed by atoms with Crippen molar-refractivity contribution in [2.75, 3.05) is 31.8 Å². The Balaban J connectivity index is 0.000000266. The largest absolute Gasteiger partial charge is 0.496 e. The third kappa shape index (κ3) is 10.1.